The van der Waals surface area contributed by atoms with E-state index in [0.717, 1.165) is 6.07 Å². The van der Waals surface area contributed by atoms with Crippen molar-refractivity contribution in [2.24, 2.45) is 0 Å². The molecule has 0 amide bonds. The smallest absolute Gasteiger partial charge is 0.131 e. The molecule has 0 aliphatic carbocycles. The predicted octanol–water partition coefficient (Wildman–Crippen LogP) is 1.54. The number of benzene rings is 1. The van der Waals surface area contributed by atoms with Crippen LogP contribution in [0.3, 0.4) is 0 Å². The Kier molecular flexibility index (Phi) is 3.02. The van der Waals surface area contributed by atoms with E-state index >= 15 is 0 Å². The molecule has 1 aromatic carbocycles. The fraction of sp³-hybridized carbons (Fsp3) is 0.333. The first kappa shape index (κ1) is 12.6. The van der Waals surface area contributed by atoms with Gasteiger partial charge in [0.1, 0.15) is 22.9 Å². The maximum Gasteiger partial charge on any atom is 0.131 e. The molecule has 0 spiro atoms. The summed E-state index contributed by atoms with van der Waals surface area (Å²) < 4.78 is 27.7. The van der Waals surface area contributed by atoms with E-state index in [1.807, 2.05) is 0 Å². The summed E-state index contributed by atoms with van der Waals surface area (Å²) >= 11 is 1.63. The molecule has 0 saturated carbocycles. The van der Waals surface area contributed by atoms with Crippen molar-refractivity contribution in [3.8, 4) is 0 Å². The summed E-state index contributed by atoms with van der Waals surface area (Å²) in [6.07, 6.45) is 1.60. The number of hydrogen-bond acceptors (Lipinski definition) is 4. The van der Waals surface area contributed by atoms with Crippen LogP contribution in [-0.2, 0) is 12.1 Å². The zero-order valence-corrected chi connectivity index (χ0v) is 10.7. The third-order valence-electron chi connectivity index (χ3n) is 3.04. The minimum Gasteiger partial charge on any atom is -0.382 e. The van der Waals surface area contributed by atoms with Crippen LogP contribution < -0.4 is 0 Å². The molecule has 3 rings (SSSR count). The molecule has 4 nitrogen and oxygen atoms in total. The van der Waals surface area contributed by atoms with Crippen molar-refractivity contribution < 1.29 is 13.9 Å². The van der Waals surface area contributed by atoms with Crippen molar-refractivity contribution in [2.45, 2.75) is 12.1 Å². The molecule has 1 aliphatic rings. The van der Waals surface area contributed by atoms with Crippen molar-refractivity contribution in [1.29, 1.82) is 0 Å². The van der Waals surface area contributed by atoms with Gasteiger partial charge >= 0.3 is 0 Å². The van der Waals surface area contributed by atoms with Crippen LogP contribution >= 0.6 is 11.8 Å². The molecule has 19 heavy (non-hydrogen) atoms. The van der Waals surface area contributed by atoms with Crippen LogP contribution in [0, 0.1) is 11.6 Å². The fourth-order valence-electron chi connectivity index (χ4n) is 1.86. The first-order valence-corrected chi connectivity index (χ1v) is 6.87. The summed E-state index contributed by atoms with van der Waals surface area (Å²) in [5.41, 5.74) is -0.0915. The van der Waals surface area contributed by atoms with Gasteiger partial charge in [0.15, 0.2) is 0 Å². The van der Waals surface area contributed by atoms with E-state index in [2.05, 4.69) is 10.3 Å². The van der Waals surface area contributed by atoms with Gasteiger partial charge in [0, 0.05) is 23.1 Å². The van der Waals surface area contributed by atoms with Crippen LogP contribution in [0.25, 0.3) is 0 Å². The molecule has 2 heterocycles. The van der Waals surface area contributed by atoms with E-state index < -0.39 is 17.2 Å². The quantitative estimate of drug-likeness (QED) is 0.928. The molecule has 0 radical (unpaired) electrons. The molecule has 2 aromatic rings. The summed E-state index contributed by atoms with van der Waals surface area (Å²) in [5, 5.41) is 17.9. The molecule has 0 atom stereocenters. The van der Waals surface area contributed by atoms with Gasteiger partial charge in [-0.15, -0.1) is 5.10 Å². The molecule has 1 N–H and O–H groups in total. The monoisotopic (exact) mass is 283 g/mol. The van der Waals surface area contributed by atoms with Gasteiger partial charge in [-0.25, -0.2) is 13.5 Å². The number of thioether (sulfide) groups is 1. The maximum atomic E-state index is 13.5. The molecule has 100 valence electrons. The first-order chi connectivity index (χ1) is 9.07. The van der Waals surface area contributed by atoms with E-state index in [9.17, 15) is 13.9 Å². The highest BCUT2D eigenvalue weighted by atomic mass is 32.2. The Morgan fingerprint density at radius 3 is 2.79 bits per heavy atom. The summed E-state index contributed by atoms with van der Waals surface area (Å²) in [4.78, 5) is 0. The lowest BCUT2D eigenvalue weighted by Crippen LogP contribution is -2.40. The molecule has 1 saturated heterocycles. The van der Waals surface area contributed by atoms with Crippen LogP contribution in [0.15, 0.2) is 24.4 Å². The molecule has 1 aliphatic heterocycles. The zero-order chi connectivity index (χ0) is 13.5. The molecular weight excluding hydrogens is 272 g/mol. The summed E-state index contributed by atoms with van der Waals surface area (Å²) in [7, 11) is 0. The van der Waals surface area contributed by atoms with Gasteiger partial charge in [0.2, 0.25) is 0 Å². The maximum absolute atomic E-state index is 13.5. The minimum atomic E-state index is -0.912. The number of aliphatic hydroxyl groups is 1. The average Bonchev–Trinajstić information content (AvgIpc) is 2.79. The molecule has 0 bridgehead atoms. The van der Waals surface area contributed by atoms with Gasteiger partial charge in [-0.2, -0.15) is 11.8 Å². The SMILES string of the molecule is OC1(c2cn(Cc3ccc(F)cc3F)nn2)CSC1. The predicted molar refractivity (Wildman–Crippen MR) is 66.7 cm³/mol. The normalized spacial score (nSPS) is 17.2. The number of aromatic nitrogens is 3. The Morgan fingerprint density at radius 1 is 1.37 bits per heavy atom. The number of rotatable bonds is 3. The Balaban J connectivity index is 1.80. The van der Waals surface area contributed by atoms with E-state index in [0.29, 0.717) is 22.8 Å². The molecular formula is C12H11F2N3OS. The third-order valence-corrected chi connectivity index (χ3v) is 4.41. The van der Waals surface area contributed by atoms with Gasteiger partial charge in [-0.1, -0.05) is 11.3 Å². The second-order valence-corrected chi connectivity index (χ2v) is 5.55. The van der Waals surface area contributed by atoms with Crippen molar-refractivity contribution in [1.82, 2.24) is 15.0 Å². The molecule has 1 fully saturated rings. The van der Waals surface area contributed by atoms with Crippen molar-refractivity contribution >= 4 is 11.8 Å². The molecule has 1 aromatic heterocycles. The Hall–Kier alpha value is -1.47. The molecule has 0 unspecified atom stereocenters. The standard InChI is InChI=1S/C12H11F2N3OS/c13-9-2-1-8(10(14)3-9)4-17-5-11(15-16-17)12(18)6-19-7-12/h1-3,5,18H,4,6-7H2. The summed E-state index contributed by atoms with van der Waals surface area (Å²) in [5.74, 6) is -0.0379. The van der Waals surface area contributed by atoms with Crippen LogP contribution in [-0.4, -0.2) is 31.6 Å². The highest BCUT2D eigenvalue weighted by Crippen LogP contribution is 2.37. The van der Waals surface area contributed by atoms with Crippen LogP contribution in [0.5, 0.6) is 0 Å². The van der Waals surface area contributed by atoms with E-state index in [1.54, 1.807) is 18.0 Å². The van der Waals surface area contributed by atoms with Crippen molar-refractivity contribution in [3.05, 3.63) is 47.3 Å². The second-order valence-electron chi connectivity index (χ2n) is 4.56. The average molecular weight is 283 g/mol. The number of hydrogen-bond donors (Lipinski definition) is 1. The van der Waals surface area contributed by atoms with Crippen molar-refractivity contribution in [3.63, 3.8) is 0 Å². The van der Waals surface area contributed by atoms with Gasteiger partial charge < -0.3 is 5.11 Å². The largest absolute Gasteiger partial charge is 0.382 e. The van der Waals surface area contributed by atoms with Crippen LogP contribution in [0.1, 0.15) is 11.3 Å². The Morgan fingerprint density at radius 2 is 2.16 bits per heavy atom. The lowest BCUT2D eigenvalue weighted by atomic mass is 10.1. The molecule has 7 heteroatoms. The number of nitrogens with zero attached hydrogens (tertiary/aromatic N) is 3. The van der Waals surface area contributed by atoms with Gasteiger partial charge in [-0.05, 0) is 6.07 Å². The second kappa shape index (κ2) is 4.57. The highest BCUT2D eigenvalue weighted by molar-refractivity contribution is 8.00. The Labute approximate surface area is 112 Å². The Bertz CT molecular complexity index is 613. The van der Waals surface area contributed by atoms with E-state index in [1.165, 1.54) is 16.8 Å². The lowest BCUT2D eigenvalue weighted by Gasteiger charge is -2.33. The lowest BCUT2D eigenvalue weighted by molar-refractivity contribution is 0.0720. The summed E-state index contributed by atoms with van der Waals surface area (Å²) in [6, 6.07) is 3.41. The van der Waals surface area contributed by atoms with Crippen LogP contribution in [0.4, 0.5) is 8.78 Å². The fourth-order valence-corrected chi connectivity index (χ4v) is 2.74. The van der Waals surface area contributed by atoms with E-state index in [-0.39, 0.29) is 6.54 Å². The third kappa shape index (κ3) is 2.35. The van der Waals surface area contributed by atoms with Gasteiger partial charge in [0.25, 0.3) is 0 Å². The van der Waals surface area contributed by atoms with Crippen molar-refractivity contribution in [2.75, 3.05) is 11.5 Å². The zero-order valence-electron chi connectivity index (χ0n) is 9.88. The topological polar surface area (TPSA) is 50.9 Å². The first-order valence-electron chi connectivity index (χ1n) is 5.71. The van der Waals surface area contributed by atoms with Gasteiger partial charge in [-0.3, -0.25) is 0 Å². The number of halogens is 2. The van der Waals surface area contributed by atoms with Crippen LogP contribution in [0.2, 0.25) is 0 Å². The van der Waals surface area contributed by atoms with E-state index in [4.69, 9.17) is 0 Å². The minimum absolute atomic E-state index is 0.155. The van der Waals surface area contributed by atoms with Gasteiger partial charge in [0.05, 0.1) is 12.7 Å². The highest BCUT2D eigenvalue weighted by Gasteiger charge is 2.39. The summed E-state index contributed by atoms with van der Waals surface area (Å²) in [6.45, 7) is 0.155.